The quantitative estimate of drug-likeness (QED) is 0.573. The zero-order chi connectivity index (χ0) is 15.2. The highest BCUT2D eigenvalue weighted by molar-refractivity contribution is 6.31. The summed E-state index contributed by atoms with van der Waals surface area (Å²) >= 11 is 5.98. The van der Waals surface area contributed by atoms with Crippen LogP contribution in [0.3, 0.4) is 0 Å². The summed E-state index contributed by atoms with van der Waals surface area (Å²) in [5, 5.41) is 0.588. The number of Topliss-reactive ketones (excluding diaryl/α,β-unsaturated/α-hetero) is 1. The fraction of sp³-hybridized carbons (Fsp3) is 0.467. The van der Waals surface area contributed by atoms with Crippen molar-refractivity contribution in [1.82, 2.24) is 0 Å². The van der Waals surface area contributed by atoms with E-state index in [9.17, 15) is 9.59 Å². The van der Waals surface area contributed by atoms with Crippen LogP contribution in [0.15, 0.2) is 24.3 Å². The van der Waals surface area contributed by atoms with E-state index in [1.807, 2.05) is 18.2 Å². The summed E-state index contributed by atoms with van der Waals surface area (Å²) in [5.41, 5.74) is -0.396. The molecule has 0 radical (unpaired) electrons. The molecule has 0 aliphatic heterocycles. The van der Waals surface area contributed by atoms with E-state index in [1.54, 1.807) is 13.0 Å². The molecule has 0 N–H and O–H groups in total. The lowest BCUT2D eigenvalue weighted by Crippen LogP contribution is -2.37. The number of benzene rings is 1. The number of hydrogen-bond donors (Lipinski definition) is 0. The van der Waals surface area contributed by atoms with Crippen LogP contribution in [0.25, 0.3) is 0 Å². The molecule has 1 aromatic carbocycles. The fourth-order valence-electron chi connectivity index (χ4n) is 1.47. The molecule has 0 atom stereocenters. The van der Waals surface area contributed by atoms with Gasteiger partial charge in [0.1, 0.15) is 12.0 Å². The van der Waals surface area contributed by atoms with Gasteiger partial charge in [0.25, 0.3) is 0 Å². The van der Waals surface area contributed by atoms with Gasteiger partial charge in [0.15, 0.2) is 5.78 Å². The van der Waals surface area contributed by atoms with Crippen molar-refractivity contribution in [1.29, 1.82) is 0 Å². The number of rotatable bonds is 7. The van der Waals surface area contributed by atoms with Crippen molar-refractivity contribution in [3.8, 4) is 0 Å². The van der Waals surface area contributed by atoms with Crippen molar-refractivity contribution in [3.05, 3.63) is 34.9 Å². The number of carbonyl (C=O) groups is 2. The number of carbonyl (C=O) groups excluding carboxylic acids is 2. The second-order valence-electron chi connectivity index (χ2n) is 4.85. The molecule has 0 amide bonds. The first-order valence-electron chi connectivity index (χ1n) is 6.41. The first-order chi connectivity index (χ1) is 9.39. The number of halogens is 1. The molecule has 0 bridgehead atoms. The van der Waals surface area contributed by atoms with Gasteiger partial charge in [-0.3, -0.25) is 9.59 Å². The van der Waals surface area contributed by atoms with Gasteiger partial charge in [0.2, 0.25) is 0 Å². The van der Waals surface area contributed by atoms with Crippen molar-refractivity contribution in [2.24, 2.45) is 5.41 Å². The molecule has 0 unspecified atom stereocenters. The molecular weight excluding hydrogens is 280 g/mol. The van der Waals surface area contributed by atoms with E-state index in [0.29, 0.717) is 5.02 Å². The SMILES string of the molecule is CCOC(=O)C(C)(C)C(=O)COCc1ccccc1Cl. The monoisotopic (exact) mass is 298 g/mol. The Morgan fingerprint density at radius 3 is 2.50 bits per heavy atom. The Labute approximate surface area is 124 Å². The summed E-state index contributed by atoms with van der Waals surface area (Å²) in [6, 6.07) is 7.24. The molecule has 0 spiro atoms. The van der Waals surface area contributed by atoms with Gasteiger partial charge in [-0.25, -0.2) is 0 Å². The zero-order valence-electron chi connectivity index (χ0n) is 11.9. The van der Waals surface area contributed by atoms with Crippen LogP contribution in [0, 0.1) is 5.41 Å². The zero-order valence-corrected chi connectivity index (χ0v) is 12.7. The van der Waals surface area contributed by atoms with Gasteiger partial charge >= 0.3 is 5.97 Å². The summed E-state index contributed by atoms with van der Waals surface area (Å²) in [6.07, 6.45) is 0. The molecule has 20 heavy (non-hydrogen) atoms. The predicted octanol–water partition coefficient (Wildman–Crippen LogP) is 3.02. The van der Waals surface area contributed by atoms with Crippen LogP contribution < -0.4 is 0 Å². The molecule has 110 valence electrons. The first kappa shape index (κ1) is 16.7. The normalized spacial score (nSPS) is 11.2. The van der Waals surface area contributed by atoms with Crippen molar-refractivity contribution < 1.29 is 19.1 Å². The minimum absolute atomic E-state index is 0.156. The van der Waals surface area contributed by atoms with Crippen molar-refractivity contribution in [2.75, 3.05) is 13.2 Å². The number of ether oxygens (including phenoxy) is 2. The average Bonchev–Trinajstić information content (AvgIpc) is 2.41. The van der Waals surface area contributed by atoms with E-state index in [-0.39, 0.29) is 25.6 Å². The lowest BCUT2D eigenvalue weighted by atomic mass is 9.88. The highest BCUT2D eigenvalue weighted by atomic mass is 35.5. The second kappa shape index (κ2) is 7.41. The van der Waals surface area contributed by atoms with Crippen LogP contribution in [0.4, 0.5) is 0 Å². The first-order valence-corrected chi connectivity index (χ1v) is 6.79. The van der Waals surface area contributed by atoms with Crippen molar-refractivity contribution in [3.63, 3.8) is 0 Å². The summed E-state index contributed by atoms with van der Waals surface area (Å²) in [7, 11) is 0. The molecule has 1 rings (SSSR count). The minimum atomic E-state index is -1.20. The number of esters is 1. The van der Waals surface area contributed by atoms with Crippen LogP contribution >= 0.6 is 11.6 Å². The standard InChI is InChI=1S/C15H19ClO4/c1-4-20-14(18)15(2,3)13(17)10-19-9-11-7-5-6-8-12(11)16/h5-8H,4,9-10H2,1-3H3. The van der Waals surface area contributed by atoms with E-state index < -0.39 is 11.4 Å². The third-order valence-electron chi connectivity index (χ3n) is 2.93. The van der Waals surface area contributed by atoms with Crippen LogP contribution in [0.2, 0.25) is 5.02 Å². The fourth-order valence-corrected chi connectivity index (χ4v) is 1.67. The van der Waals surface area contributed by atoms with Crippen molar-refractivity contribution in [2.45, 2.75) is 27.4 Å². The molecule has 0 saturated heterocycles. The topological polar surface area (TPSA) is 52.6 Å². The van der Waals surface area contributed by atoms with Crippen LogP contribution in [-0.4, -0.2) is 25.0 Å². The van der Waals surface area contributed by atoms with E-state index >= 15 is 0 Å². The molecular formula is C15H19ClO4. The molecule has 1 aromatic rings. The maximum Gasteiger partial charge on any atom is 0.319 e. The smallest absolute Gasteiger partial charge is 0.319 e. The Morgan fingerprint density at radius 2 is 1.90 bits per heavy atom. The molecule has 0 fully saturated rings. The van der Waals surface area contributed by atoms with E-state index in [0.717, 1.165) is 5.56 Å². The largest absolute Gasteiger partial charge is 0.465 e. The van der Waals surface area contributed by atoms with E-state index in [1.165, 1.54) is 13.8 Å². The maximum atomic E-state index is 12.0. The molecule has 0 aliphatic carbocycles. The van der Waals surface area contributed by atoms with Gasteiger partial charge in [0.05, 0.1) is 13.2 Å². The van der Waals surface area contributed by atoms with E-state index in [2.05, 4.69) is 0 Å². The Morgan fingerprint density at radius 1 is 1.25 bits per heavy atom. The van der Waals surface area contributed by atoms with Crippen molar-refractivity contribution >= 4 is 23.4 Å². The lowest BCUT2D eigenvalue weighted by molar-refractivity contribution is -0.159. The second-order valence-corrected chi connectivity index (χ2v) is 5.26. The Balaban J connectivity index is 2.51. The third kappa shape index (κ3) is 4.32. The third-order valence-corrected chi connectivity index (χ3v) is 3.30. The predicted molar refractivity (Wildman–Crippen MR) is 76.5 cm³/mol. The summed E-state index contributed by atoms with van der Waals surface area (Å²) in [4.78, 5) is 23.7. The van der Waals surface area contributed by atoms with Crippen LogP contribution in [0.5, 0.6) is 0 Å². The molecule has 0 saturated carbocycles. The highest BCUT2D eigenvalue weighted by Gasteiger charge is 2.37. The molecule has 0 heterocycles. The number of ketones is 1. The maximum absolute atomic E-state index is 12.0. The summed E-state index contributed by atoms with van der Waals surface area (Å²) < 4.78 is 10.2. The molecule has 0 aliphatic rings. The van der Waals surface area contributed by atoms with Gasteiger partial charge in [-0.1, -0.05) is 29.8 Å². The highest BCUT2D eigenvalue weighted by Crippen LogP contribution is 2.20. The van der Waals surface area contributed by atoms with Crippen LogP contribution in [-0.2, 0) is 25.7 Å². The average molecular weight is 299 g/mol. The Hall–Kier alpha value is -1.39. The molecule has 5 heteroatoms. The minimum Gasteiger partial charge on any atom is -0.465 e. The Bertz CT molecular complexity index is 483. The lowest BCUT2D eigenvalue weighted by Gasteiger charge is -2.20. The van der Waals surface area contributed by atoms with Gasteiger partial charge in [-0.15, -0.1) is 0 Å². The number of hydrogen-bond acceptors (Lipinski definition) is 4. The summed E-state index contributed by atoms with van der Waals surface area (Å²) in [5.74, 6) is -0.852. The summed E-state index contributed by atoms with van der Waals surface area (Å²) in [6.45, 7) is 5.09. The van der Waals surface area contributed by atoms with Crippen LogP contribution in [0.1, 0.15) is 26.3 Å². The van der Waals surface area contributed by atoms with E-state index in [4.69, 9.17) is 21.1 Å². The molecule has 0 aromatic heterocycles. The van der Waals surface area contributed by atoms with Gasteiger partial charge in [-0.05, 0) is 32.4 Å². The van der Waals surface area contributed by atoms with Gasteiger partial charge < -0.3 is 9.47 Å². The Kier molecular flexibility index (Phi) is 6.17. The van der Waals surface area contributed by atoms with Gasteiger partial charge in [-0.2, -0.15) is 0 Å². The van der Waals surface area contributed by atoms with Gasteiger partial charge in [0, 0.05) is 5.02 Å². The molecule has 4 nitrogen and oxygen atoms in total.